The van der Waals surface area contributed by atoms with Crippen molar-refractivity contribution in [3.05, 3.63) is 41.6 Å². The first-order valence-electron chi connectivity index (χ1n) is 8.00. The van der Waals surface area contributed by atoms with Gasteiger partial charge < -0.3 is 15.4 Å². The van der Waals surface area contributed by atoms with E-state index in [4.69, 9.17) is 5.26 Å². The van der Waals surface area contributed by atoms with Crippen molar-refractivity contribution in [2.45, 2.75) is 38.1 Å². The summed E-state index contributed by atoms with van der Waals surface area (Å²) in [5.41, 5.74) is 1.01. The fourth-order valence-electron chi connectivity index (χ4n) is 2.67. The molecule has 1 saturated carbocycles. The van der Waals surface area contributed by atoms with E-state index in [9.17, 15) is 9.59 Å². The highest BCUT2D eigenvalue weighted by Gasteiger charge is 2.16. The van der Waals surface area contributed by atoms with Crippen molar-refractivity contribution in [3.63, 3.8) is 0 Å². The van der Waals surface area contributed by atoms with Crippen molar-refractivity contribution < 1.29 is 14.3 Å². The van der Waals surface area contributed by atoms with E-state index in [0.717, 1.165) is 25.7 Å². The Morgan fingerprint density at radius 1 is 1.29 bits per heavy atom. The molecule has 0 unspecified atom stereocenters. The van der Waals surface area contributed by atoms with E-state index in [1.165, 1.54) is 19.7 Å². The number of methoxy groups -OCH3 is 1. The van der Waals surface area contributed by atoms with Crippen LogP contribution in [0.3, 0.4) is 0 Å². The van der Waals surface area contributed by atoms with E-state index >= 15 is 0 Å². The van der Waals surface area contributed by atoms with Gasteiger partial charge in [0.2, 0.25) is 0 Å². The molecule has 1 aromatic rings. The summed E-state index contributed by atoms with van der Waals surface area (Å²) in [6.07, 6.45) is 6.86. The van der Waals surface area contributed by atoms with Crippen LogP contribution in [-0.2, 0) is 9.53 Å². The van der Waals surface area contributed by atoms with Gasteiger partial charge in [-0.3, -0.25) is 4.79 Å². The van der Waals surface area contributed by atoms with Crippen LogP contribution in [0.15, 0.2) is 36.0 Å². The number of amides is 1. The average molecular weight is 327 g/mol. The second kappa shape index (κ2) is 8.73. The number of hydrogen-bond donors (Lipinski definition) is 2. The van der Waals surface area contributed by atoms with Crippen LogP contribution < -0.4 is 10.6 Å². The molecule has 1 fully saturated rings. The number of carbonyl (C=O) groups is 2. The topological polar surface area (TPSA) is 91.2 Å². The minimum absolute atomic E-state index is 0.108. The van der Waals surface area contributed by atoms with Crippen LogP contribution in [0.4, 0.5) is 5.69 Å². The van der Waals surface area contributed by atoms with Crippen molar-refractivity contribution in [3.8, 4) is 6.07 Å². The first-order valence-corrected chi connectivity index (χ1v) is 8.00. The Labute approximate surface area is 141 Å². The van der Waals surface area contributed by atoms with Crippen molar-refractivity contribution >= 4 is 17.6 Å². The molecule has 0 radical (unpaired) electrons. The highest BCUT2D eigenvalue weighted by Crippen LogP contribution is 2.18. The molecular formula is C18H21N3O3. The zero-order valence-electron chi connectivity index (χ0n) is 13.7. The molecule has 0 heterocycles. The summed E-state index contributed by atoms with van der Waals surface area (Å²) >= 11 is 0. The molecule has 0 saturated heterocycles. The zero-order chi connectivity index (χ0) is 17.4. The third-order valence-electron chi connectivity index (χ3n) is 3.97. The van der Waals surface area contributed by atoms with E-state index in [-0.39, 0.29) is 17.5 Å². The fourth-order valence-corrected chi connectivity index (χ4v) is 2.67. The molecule has 6 nitrogen and oxygen atoms in total. The smallest absolute Gasteiger partial charge is 0.350 e. The van der Waals surface area contributed by atoms with Crippen LogP contribution >= 0.6 is 0 Å². The maximum atomic E-state index is 12.3. The van der Waals surface area contributed by atoms with Crippen molar-refractivity contribution in [1.82, 2.24) is 5.32 Å². The summed E-state index contributed by atoms with van der Waals surface area (Å²) < 4.78 is 4.50. The number of benzene rings is 1. The van der Waals surface area contributed by atoms with Gasteiger partial charge in [0.1, 0.15) is 6.07 Å². The van der Waals surface area contributed by atoms with Crippen LogP contribution in [0.1, 0.15) is 42.5 Å². The second-order valence-corrected chi connectivity index (χ2v) is 5.69. The van der Waals surface area contributed by atoms with Gasteiger partial charge in [-0.15, -0.1) is 0 Å². The summed E-state index contributed by atoms with van der Waals surface area (Å²) in [5.74, 6) is -0.820. The molecule has 2 N–H and O–H groups in total. The normalized spacial score (nSPS) is 15.2. The predicted molar refractivity (Wildman–Crippen MR) is 90.1 cm³/mol. The number of esters is 1. The molecule has 1 amide bonds. The number of hydrogen-bond acceptors (Lipinski definition) is 5. The molecule has 6 heteroatoms. The molecule has 2 rings (SSSR count). The standard InChI is InChI=1S/C18H21N3O3/c1-24-18(23)14(11-19)12-20-16-9-5-6-13(10-16)17(22)21-15-7-3-2-4-8-15/h5-6,9-10,12,15,20H,2-4,7-8H2,1H3,(H,21,22)/b14-12+. The first-order chi connectivity index (χ1) is 11.6. The summed E-state index contributed by atoms with van der Waals surface area (Å²) in [6.45, 7) is 0. The lowest BCUT2D eigenvalue weighted by Gasteiger charge is -2.22. The Kier molecular flexibility index (Phi) is 6.38. The Bertz CT molecular complexity index is 670. The minimum atomic E-state index is -0.712. The number of carbonyl (C=O) groups excluding carboxylic acids is 2. The Balaban J connectivity index is 2.02. The van der Waals surface area contributed by atoms with Gasteiger partial charge in [-0.1, -0.05) is 25.3 Å². The molecule has 0 bridgehead atoms. The molecule has 24 heavy (non-hydrogen) atoms. The molecule has 126 valence electrons. The van der Waals surface area contributed by atoms with E-state index < -0.39 is 5.97 Å². The van der Waals surface area contributed by atoms with Crippen LogP contribution in [-0.4, -0.2) is 25.0 Å². The van der Waals surface area contributed by atoms with Gasteiger partial charge in [-0.25, -0.2) is 4.79 Å². The minimum Gasteiger partial charge on any atom is -0.465 e. The molecule has 0 aliphatic heterocycles. The molecule has 0 atom stereocenters. The van der Waals surface area contributed by atoms with Gasteiger partial charge in [-0.05, 0) is 31.0 Å². The number of nitriles is 1. The second-order valence-electron chi connectivity index (χ2n) is 5.69. The Hall–Kier alpha value is -2.81. The van der Waals surface area contributed by atoms with E-state index in [1.54, 1.807) is 30.3 Å². The number of nitrogens with one attached hydrogen (secondary N) is 2. The zero-order valence-corrected chi connectivity index (χ0v) is 13.7. The summed E-state index contributed by atoms with van der Waals surface area (Å²) in [7, 11) is 1.21. The molecular weight excluding hydrogens is 306 g/mol. The number of ether oxygens (including phenoxy) is 1. The monoisotopic (exact) mass is 327 g/mol. The third kappa shape index (κ3) is 4.85. The Morgan fingerprint density at radius 3 is 2.71 bits per heavy atom. The predicted octanol–water partition coefficient (Wildman–Crippen LogP) is 2.74. The maximum absolute atomic E-state index is 12.3. The van der Waals surface area contributed by atoms with Gasteiger partial charge in [0, 0.05) is 23.5 Å². The van der Waals surface area contributed by atoms with E-state index in [0.29, 0.717) is 11.3 Å². The molecule has 1 aliphatic carbocycles. The largest absolute Gasteiger partial charge is 0.465 e. The summed E-state index contributed by atoms with van der Waals surface area (Å²) in [4.78, 5) is 23.7. The number of anilines is 1. The summed E-state index contributed by atoms with van der Waals surface area (Å²) in [5, 5.41) is 14.8. The number of rotatable bonds is 5. The van der Waals surface area contributed by atoms with Gasteiger partial charge in [0.05, 0.1) is 7.11 Å². The van der Waals surface area contributed by atoms with E-state index in [1.807, 2.05) is 0 Å². The van der Waals surface area contributed by atoms with Crippen molar-refractivity contribution in [2.75, 3.05) is 12.4 Å². The first kappa shape index (κ1) is 17.5. The fraction of sp³-hybridized carbons (Fsp3) is 0.389. The van der Waals surface area contributed by atoms with Gasteiger partial charge in [-0.2, -0.15) is 5.26 Å². The number of nitrogens with zero attached hydrogens (tertiary/aromatic N) is 1. The van der Waals surface area contributed by atoms with Crippen molar-refractivity contribution in [1.29, 1.82) is 5.26 Å². The molecule has 0 aromatic heterocycles. The molecule has 0 spiro atoms. The average Bonchev–Trinajstić information content (AvgIpc) is 2.63. The third-order valence-corrected chi connectivity index (χ3v) is 3.97. The lowest BCUT2D eigenvalue weighted by atomic mass is 9.95. The van der Waals surface area contributed by atoms with Crippen molar-refractivity contribution in [2.24, 2.45) is 0 Å². The highest BCUT2D eigenvalue weighted by molar-refractivity contribution is 5.95. The summed E-state index contributed by atoms with van der Waals surface area (Å²) in [6, 6.07) is 8.91. The van der Waals surface area contributed by atoms with Gasteiger partial charge >= 0.3 is 5.97 Å². The highest BCUT2D eigenvalue weighted by atomic mass is 16.5. The van der Waals surface area contributed by atoms with Crippen LogP contribution in [0.25, 0.3) is 0 Å². The lowest BCUT2D eigenvalue weighted by molar-refractivity contribution is -0.135. The lowest BCUT2D eigenvalue weighted by Crippen LogP contribution is -2.36. The van der Waals surface area contributed by atoms with Crippen LogP contribution in [0.5, 0.6) is 0 Å². The maximum Gasteiger partial charge on any atom is 0.350 e. The quantitative estimate of drug-likeness (QED) is 0.493. The van der Waals surface area contributed by atoms with Gasteiger partial charge in [0.25, 0.3) is 5.91 Å². The Morgan fingerprint density at radius 2 is 2.04 bits per heavy atom. The van der Waals surface area contributed by atoms with Crippen LogP contribution in [0.2, 0.25) is 0 Å². The van der Waals surface area contributed by atoms with Gasteiger partial charge in [0.15, 0.2) is 5.57 Å². The molecule has 1 aromatic carbocycles. The van der Waals surface area contributed by atoms with Crippen LogP contribution in [0, 0.1) is 11.3 Å². The SMILES string of the molecule is COC(=O)/C(C#N)=C/Nc1cccc(C(=O)NC2CCCCC2)c1. The molecule has 1 aliphatic rings. The van der Waals surface area contributed by atoms with E-state index in [2.05, 4.69) is 15.4 Å².